The van der Waals surface area contributed by atoms with Crippen molar-refractivity contribution >= 4 is 11.6 Å². The van der Waals surface area contributed by atoms with E-state index in [1.807, 2.05) is 7.05 Å². The average molecular weight is 236 g/mol. The number of nitrogens with zero attached hydrogens (tertiary/aromatic N) is 2. The van der Waals surface area contributed by atoms with Crippen molar-refractivity contribution in [1.29, 1.82) is 0 Å². The third kappa shape index (κ3) is 4.21. The summed E-state index contributed by atoms with van der Waals surface area (Å²) in [5, 5.41) is 6.54. The Morgan fingerprint density at radius 1 is 1.24 bits per heavy atom. The predicted molar refractivity (Wildman–Crippen MR) is 73.5 cm³/mol. The molecule has 1 heterocycles. The molecule has 96 valence electrons. The van der Waals surface area contributed by atoms with Crippen LogP contribution in [0.1, 0.15) is 39.2 Å². The zero-order chi connectivity index (χ0) is 12.7. The highest BCUT2D eigenvalue weighted by Crippen LogP contribution is 2.21. The zero-order valence-electron chi connectivity index (χ0n) is 11.4. The third-order valence-corrected chi connectivity index (χ3v) is 2.70. The second-order valence-electron chi connectivity index (χ2n) is 4.66. The molecule has 4 nitrogen and oxygen atoms in total. The zero-order valence-corrected chi connectivity index (χ0v) is 11.4. The summed E-state index contributed by atoms with van der Waals surface area (Å²) in [7, 11) is 1.90. The summed E-state index contributed by atoms with van der Waals surface area (Å²) in [6.07, 6.45) is 4.87. The summed E-state index contributed by atoms with van der Waals surface area (Å²) >= 11 is 0. The molecule has 0 unspecified atom stereocenters. The highest BCUT2D eigenvalue weighted by Gasteiger charge is 2.09. The number of hydrogen-bond donors (Lipinski definition) is 2. The van der Waals surface area contributed by atoms with E-state index in [-0.39, 0.29) is 0 Å². The Labute approximate surface area is 104 Å². The Kier molecular flexibility index (Phi) is 5.73. The lowest BCUT2D eigenvalue weighted by molar-refractivity contribution is 0.606. The van der Waals surface area contributed by atoms with Crippen LogP contribution < -0.4 is 10.6 Å². The van der Waals surface area contributed by atoms with Gasteiger partial charge in [-0.15, -0.1) is 0 Å². The summed E-state index contributed by atoms with van der Waals surface area (Å²) in [5.74, 6) is 2.63. The lowest BCUT2D eigenvalue weighted by Gasteiger charge is -2.14. The van der Waals surface area contributed by atoms with Gasteiger partial charge in [0, 0.05) is 19.2 Å². The van der Waals surface area contributed by atoms with Gasteiger partial charge in [0.25, 0.3) is 0 Å². The highest BCUT2D eigenvalue weighted by atomic mass is 15.1. The van der Waals surface area contributed by atoms with Crippen LogP contribution in [0.15, 0.2) is 6.33 Å². The van der Waals surface area contributed by atoms with Crippen LogP contribution in [0, 0.1) is 5.92 Å². The van der Waals surface area contributed by atoms with Gasteiger partial charge in [-0.2, -0.15) is 0 Å². The molecule has 1 rings (SSSR count). The number of aromatic nitrogens is 2. The third-order valence-electron chi connectivity index (χ3n) is 2.70. The molecule has 0 atom stereocenters. The summed E-state index contributed by atoms with van der Waals surface area (Å²) in [4.78, 5) is 8.60. The van der Waals surface area contributed by atoms with Crippen LogP contribution in [0.2, 0.25) is 0 Å². The van der Waals surface area contributed by atoms with E-state index >= 15 is 0 Å². The van der Waals surface area contributed by atoms with Gasteiger partial charge in [0.05, 0.1) is 0 Å². The van der Waals surface area contributed by atoms with Gasteiger partial charge < -0.3 is 10.6 Å². The fourth-order valence-corrected chi connectivity index (χ4v) is 1.75. The molecule has 0 radical (unpaired) electrons. The van der Waals surface area contributed by atoms with Crippen molar-refractivity contribution < 1.29 is 0 Å². The Morgan fingerprint density at radius 3 is 2.53 bits per heavy atom. The van der Waals surface area contributed by atoms with E-state index in [0.717, 1.165) is 37.4 Å². The molecule has 0 saturated carbocycles. The monoisotopic (exact) mass is 236 g/mol. The minimum absolute atomic E-state index is 0.711. The smallest absolute Gasteiger partial charge is 0.134 e. The molecule has 4 heteroatoms. The standard InChI is InChI=1S/C13H24N4/c1-5-6-11-12(14-4)16-9-17-13(11)15-8-7-10(2)3/h9-10H,5-8H2,1-4H3,(H2,14,15,16,17). The summed E-state index contributed by atoms with van der Waals surface area (Å²) in [5.41, 5.74) is 1.20. The molecule has 0 bridgehead atoms. The van der Waals surface area contributed by atoms with Crippen LogP contribution in [-0.4, -0.2) is 23.6 Å². The van der Waals surface area contributed by atoms with E-state index in [1.54, 1.807) is 6.33 Å². The topological polar surface area (TPSA) is 49.8 Å². The number of anilines is 2. The van der Waals surface area contributed by atoms with Gasteiger partial charge in [-0.05, 0) is 18.8 Å². The number of rotatable bonds is 7. The van der Waals surface area contributed by atoms with Crippen LogP contribution in [0.4, 0.5) is 11.6 Å². The van der Waals surface area contributed by atoms with Crippen LogP contribution in [-0.2, 0) is 6.42 Å². The van der Waals surface area contributed by atoms with Crippen molar-refractivity contribution in [3.63, 3.8) is 0 Å². The molecule has 0 saturated heterocycles. The summed E-state index contributed by atoms with van der Waals surface area (Å²) < 4.78 is 0. The van der Waals surface area contributed by atoms with Gasteiger partial charge in [0.2, 0.25) is 0 Å². The molecule has 2 N–H and O–H groups in total. The highest BCUT2D eigenvalue weighted by molar-refractivity contribution is 5.57. The van der Waals surface area contributed by atoms with Gasteiger partial charge in [-0.1, -0.05) is 27.2 Å². The van der Waals surface area contributed by atoms with Crippen molar-refractivity contribution in [2.24, 2.45) is 5.92 Å². The Balaban J connectivity index is 2.75. The molecule has 17 heavy (non-hydrogen) atoms. The molecule has 0 aliphatic rings. The van der Waals surface area contributed by atoms with Gasteiger partial charge in [0.15, 0.2) is 0 Å². The molecule has 0 amide bonds. The largest absolute Gasteiger partial charge is 0.373 e. The van der Waals surface area contributed by atoms with Crippen molar-refractivity contribution in [3.05, 3.63) is 11.9 Å². The molecule has 0 aromatic carbocycles. The molecule has 0 spiro atoms. The van der Waals surface area contributed by atoms with Crippen LogP contribution in [0.3, 0.4) is 0 Å². The first kappa shape index (κ1) is 13.7. The van der Waals surface area contributed by atoms with Crippen molar-refractivity contribution in [2.75, 3.05) is 24.2 Å². The maximum Gasteiger partial charge on any atom is 0.134 e. The molecular formula is C13H24N4. The van der Waals surface area contributed by atoms with Gasteiger partial charge in [0.1, 0.15) is 18.0 Å². The Bertz CT molecular complexity index is 336. The quantitative estimate of drug-likeness (QED) is 0.764. The van der Waals surface area contributed by atoms with Crippen LogP contribution >= 0.6 is 0 Å². The first-order valence-corrected chi connectivity index (χ1v) is 6.44. The second-order valence-corrected chi connectivity index (χ2v) is 4.66. The molecule has 0 aliphatic heterocycles. The molecule has 0 fully saturated rings. The molecule has 1 aromatic rings. The minimum Gasteiger partial charge on any atom is -0.373 e. The molecular weight excluding hydrogens is 212 g/mol. The molecule has 1 aromatic heterocycles. The maximum absolute atomic E-state index is 4.34. The normalized spacial score (nSPS) is 10.6. The average Bonchev–Trinajstić information content (AvgIpc) is 2.30. The van der Waals surface area contributed by atoms with Gasteiger partial charge in [-0.3, -0.25) is 0 Å². The van der Waals surface area contributed by atoms with Crippen molar-refractivity contribution in [1.82, 2.24) is 9.97 Å². The van der Waals surface area contributed by atoms with E-state index in [0.29, 0.717) is 5.92 Å². The number of hydrogen-bond acceptors (Lipinski definition) is 4. The lowest BCUT2D eigenvalue weighted by atomic mass is 10.1. The van der Waals surface area contributed by atoms with E-state index in [4.69, 9.17) is 0 Å². The molecule has 0 aliphatic carbocycles. The van der Waals surface area contributed by atoms with Crippen molar-refractivity contribution in [2.45, 2.75) is 40.0 Å². The summed E-state index contributed by atoms with van der Waals surface area (Å²) in [6.45, 7) is 7.60. The first-order chi connectivity index (χ1) is 8.19. The van der Waals surface area contributed by atoms with Gasteiger partial charge in [-0.25, -0.2) is 9.97 Å². The predicted octanol–water partition coefficient (Wildman–Crippen LogP) is 2.93. The van der Waals surface area contributed by atoms with E-state index in [9.17, 15) is 0 Å². The minimum atomic E-state index is 0.711. The van der Waals surface area contributed by atoms with Crippen LogP contribution in [0.25, 0.3) is 0 Å². The second kappa shape index (κ2) is 7.09. The van der Waals surface area contributed by atoms with Gasteiger partial charge >= 0.3 is 0 Å². The SMILES string of the molecule is CCCc1c(NC)ncnc1NCCC(C)C. The maximum atomic E-state index is 4.34. The Morgan fingerprint density at radius 2 is 1.94 bits per heavy atom. The first-order valence-electron chi connectivity index (χ1n) is 6.44. The number of nitrogens with one attached hydrogen (secondary N) is 2. The van der Waals surface area contributed by atoms with E-state index in [2.05, 4.69) is 41.4 Å². The Hall–Kier alpha value is -1.32. The lowest BCUT2D eigenvalue weighted by Crippen LogP contribution is -2.11. The van der Waals surface area contributed by atoms with E-state index in [1.165, 1.54) is 5.56 Å². The van der Waals surface area contributed by atoms with E-state index < -0.39 is 0 Å². The fraction of sp³-hybridized carbons (Fsp3) is 0.692. The fourth-order valence-electron chi connectivity index (χ4n) is 1.75. The van der Waals surface area contributed by atoms with Crippen LogP contribution in [0.5, 0.6) is 0 Å². The summed E-state index contributed by atoms with van der Waals surface area (Å²) in [6, 6.07) is 0. The van der Waals surface area contributed by atoms with Crippen molar-refractivity contribution in [3.8, 4) is 0 Å².